The number of hydrogen-bond donors (Lipinski definition) is 1. The Morgan fingerprint density at radius 2 is 2.05 bits per heavy atom. The summed E-state index contributed by atoms with van der Waals surface area (Å²) in [6.45, 7) is 1.97. The van der Waals surface area contributed by atoms with Gasteiger partial charge in [0.05, 0.1) is 5.56 Å². The molecular formula is C17H13BrN2O. The summed E-state index contributed by atoms with van der Waals surface area (Å²) < 4.78 is 0.785. The molecule has 0 fully saturated rings. The third-order valence-corrected chi connectivity index (χ3v) is 3.99. The Morgan fingerprint density at radius 1 is 1.19 bits per heavy atom. The van der Waals surface area contributed by atoms with E-state index in [9.17, 15) is 4.79 Å². The number of nitrogens with one attached hydrogen (secondary N) is 1. The van der Waals surface area contributed by atoms with Crippen molar-refractivity contribution in [1.29, 1.82) is 0 Å². The molecule has 3 aromatic rings. The number of aryl methyl sites for hydroxylation is 1. The number of rotatable bonds is 2. The van der Waals surface area contributed by atoms with Crippen LogP contribution in [0.3, 0.4) is 0 Å². The molecule has 1 N–H and O–H groups in total. The van der Waals surface area contributed by atoms with E-state index in [-0.39, 0.29) is 5.91 Å². The summed E-state index contributed by atoms with van der Waals surface area (Å²) in [6, 6.07) is 13.4. The fourth-order valence-electron chi connectivity index (χ4n) is 2.23. The number of benzene rings is 2. The SMILES string of the molecule is Cc1ccc(Br)c(C(=O)Nc2cccc3cnccc23)c1. The molecule has 0 bridgehead atoms. The van der Waals surface area contributed by atoms with Crippen molar-refractivity contribution in [3.63, 3.8) is 0 Å². The topological polar surface area (TPSA) is 42.0 Å². The number of pyridine rings is 1. The average Bonchev–Trinajstić information content (AvgIpc) is 2.50. The molecule has 2 aromatic carbocycles. The molecule has 0 aliphatic heterocycles. The highest BCUT2D eigenvalue weighted by molar-refractivity contribution is 9.10. The molecule has 21 heavy (non-hydrogen) atoms. The highest BCUT2D eigenvalue weighted by atomic mass is 79.9. The van der Waals surface area contributed by atoms with Crippen molar-refractivity contribution < 1.29 is 4.79 Å². The molecule has 1 amide bonds. The average molecular weight is 341 g/mol. The van der Waals surface area contributed by atoms with Gasteiger partial charge in [0.2, 0.25) is 0 Å². The van der Waals surface area contributed by atoms with Gasteiger partial charge in [0.15, 0.2) is 0 Å². The minimum Gasteiger partial charge on any atom is -0.321 e. The van der Waals surface area contributed by atoms with Crippen molar-refractivity contribution in [3.8, 4) is 0 Å². The number of anilines is 1. The summed E-state index contributed by atoms with van der Waals surface area (Å²) in [5, 5.41) is 4.95. The predicted octanol–water partition coefficient (Wildman–Crippen LogP) is 4.56. The largest absolute Gasteiger partial charge is 0.321 e. The Labute approximate surface area is 131 Å². The Kier molecular flexibility index (Phi) is 3.71. The van der Waals surface area contributed by atoms with Crippen LogP contribution in [0.2, 0.25) is 0 Å². The van der Waals surface area contributed by atoms with E-state index in [0.717, 1.165) is 26.5 Å². The van der Waals surface area contributed by atoms with Gasteiger partial charge in [0, 0.05) is 33.3 Å². The van der Waals surface area contributed by atoms with Crippen LogP contribution in [0.15, 0.2) is 59.3 Å². The van der Waals surface area contributed by atoms with Gasteiger partial charge in [-0.1, -0.05) is 23.8 Å². The smallest absolute Gasteiger partial charge is 0.256 e. The second-order valence-electron chi connectivity index (χ2n) is 4.84. The molecule has 1 heterocycles. The summed E-state index contributed by atoms with van der Waals surface area (Å²) in [5.41, 5.74) is 2.46. The highest BCUT2D eigenvalue weighted by Gasteiger charge is 2.11. The number of carbonyl (C=O) groups is 1. The van der Waals surface area contributed by atoms with E-state index in [2.05, 4.69) is 26.2 Å². The van der Waals surface area contributed by atoms with E-state index in [0.29, 0.717) is 5.56 Å². The lowest BCUT2D eigenvalue weighted by molar-refractivity contribution is 0.102. The fraction of sp³-hybridized carbons (Fsp3) is 0.0588. The highest BCUT2D eigenvalue weighted by Crippen LogP contribution is 2.24. The molecule has 0 aliphatic carbocycles. The third-order valence-electron chi connectivity index (χ3n) is 3.30. The maximum atomic E-state index is 12.5. The molecular weight excluding hydrogens is 328 g/mol. The van der Waals surface area contributed by atoms with Gasteiger partial charge in [0.25, 0.3) is 5.91 Å². The van der Waals surface area contributed by atoms with Crippen LogP contribution in [0.25, 0.3) is 10.8 Å². The first kappa shape index (κ1) is 13.8. The quantitative estimate of drug-likeness (QED) is 0.743. The van der Waals surface area contributed by atoms with E-state index >= 15 is 0 Å². The summed E-state index contributed by atoms with van der Waals surface area (Å²) in [7, 11) is 0. The minimum atomic E-state index is -0.130. The molecule has 0 saturated heterocycles. The summed E-state index contributed by atoms with van der Waals surface area (Å²) >= 11 is 3.42. The second-order valence-corrected chi connectivity index (χ2v) is 5.69. The first-order chi connectivity index (χ1) is 10.1. The number of halogens is 1. The van der Waals surface area contributed by atoms with E-state index in [1.54, 1.807) is 12.4 Å². The van der Waals surface area contributed by atoms with Crippen LogP contribution in [-0.2, 0) is 0 Å². The van der Waals surface area contributed by atoms with Crippen LogP contribution >= 0.6 is 15.9 Å². The lowest BCUT2D eigenvalue weighted by atomic mass is 10.1. The van der Waals surface area contributed by atoms with E-state index in [4.69, 9.17) is 0 Å². The van der Waals surface area contributed by atoms with Gasteiger partial charge in [-0.05, 0) is 47.1 Å². The monoisotopic (exact) mass is 340 g/mol. The lowest BCUT2D eigenvalue weighted by Crippen LogP contribution is -2.13. The third kappa shape index (κ3) is 2.81. The number of aromatic nitrogens is 1. The van der Waals surface area contributed by atoms with Gasteiger partial charge < -0.3 is 5.32 Å². The molecule has 1 aromatic heterocycles. The molecule has 0 spiro atoms. The van der Waals surface area contributed by atoms with Crippen LogP contribution < -0.4 is 5.32 Å². The zero-order valence-corrected chi connectivity index (χ0v) is 13.0. The first-order valence-corrected chi connectivity index (χ1v) is 7.35. The van der Waals surface area contributed by atoms with Crippen molar-refractivity contribution in [2.24, 2.45) is 0 Å². The zero-order chi connectivity index (χ0) is 14.8. The molecule has 0 atom stereocenters. The van der Waals surface area contributed by atoms with Crippen molar-refractivity contribution in [2.45, 2.75) is 6.92 Å². The molecule has 104 valence electrons. The summed E-state index contributed by atoms with van der Waals surface area (Å²) in [6.07, 6.45) is 3.51. The van der Waals surface area contributed by atoms with Gasteiger partial charge in [-0.3, -0.25) is 9.78 Å². The number of fused-ring (bicyclic) bond motifs is 1. The fourth-order valence-corrected chi connectivity index (χ4v) is 2.66. The van der Waals surface area contributed by atoms with Gasteiger partial charge in [-0.25, -0.2) is 0 Å². The zero-order valence-electron chi connectivity index (χ0n) is 11.4. The van der Waals surface area contributed by atoms with Gasteiger partial charge >= 0.3 is 0 Å². The molecule has 0 unspecified atom stereocenters. The molecule has 0 radical (unpaired) electrons. The van der Waals surface area contributed by atoms with Crippen LogP contribution in [0.1, 0.15) is 15.9 Å². The summed E-state index contributed by atoms with van der Waals surface area (Å²) in [4.78, 5) is 16.6. The van der Waals surface area contributed by atoms with Crippen molar-refractivity contribution in [2.75, 3.05) is 5.32 Å². The van der Waals surface area contributed by atoms with E-state index < -0.39 is 0 Å². The maximum Gasteiger partial charge on any atom is 0.256 e. The Morgan fingerprint density at radius 3 is 2.90 bits per heavy atom. The molecule has 0 saturated carbocycles. The van der Waals surface area contributed by atoms with Crippen molar-refractivity contribution in [3.05, 3.63) is 70.5 Å². The van der Waals surface area contributed by atoms with Crippen molar-refractivity contribution in [1.82, 2.24) is 4.98 Å². The summed E-state index contributed by atoms with van der Waals surface area (Å²) in [5.74, 6) is -0.130. The number of carbonyl (C=O) groups excluding carboxylic acids is 1. The number of amides is 1. The molecule has 3 nitrogen and oxygen atoms in total. The Bertz CT molecular complexity index is 825. The van der Waals surface area contributed by atoms with Crippen LogP contribution in [0, 0.1) is 6.92 Å². The molecule has 4 heteroatoms. The second kappa shape index (κ2) is 5.66. The predicted molar refractivity (Wildman–Crippen MR) is 88.6 cm³/mol. The van der Waals surface area contributed by atoms with Gasteiger partial charge in [0.1, 0.15) is 0 Å². The van der Waals surface area contributed by atoms with Crippen LogP contribution in [0.4, 0.5) is 5.69 Å². The number of nitrogens with zero attached hydrogens (tertiary/aromatic N) is 1. The van der Waals surface area contributed by atoms with Crippen LogP contribution in [-0.4, -0.2) is 10.9 Å². The first-order valence-electron chi connectivity index (χ1n) is 6.55. The van der Waals surface area contributed by atoms with E-state index in [1.165, 1.54) is 0 Å². The normalized spacial score (nSPS) is 10.6. The molecule has 0 aliphatic rings. The molecule has 3 rings (SSSR count). The maximum absolute atomic E-state index is 12.5. The number of hydrogen-bond acceptors (Lipinski definition) is 2. The Hall–Kier alpha value is -2.20. The van der Waals surface area contributed by atoms with Crippen LogP contribution in [0.5, 0.6) is 0 Å². The van der Waals surface area contributed by atoms with Gasteiger partial charge in [-0.15, -0.1) is 0 Å². The van der Waals surface area contributed by atoms with Crippen molar-refractivity contribution >= 4 is 38.3 Å². The minimum absolute atomic E-state index is 0.130. The lowest BCUT2D eigenvalue weighted by Gasteiger charge is -2.10. The standard InChI is InChI=1S/C17H13BrN2O/c1-11-5-6-15(18)14(9-11)17(21)20-16-4-2-3-12-10-19-8-7-13(12)16/h2-10H,1H3,(H,20,21). The van der Waals surface area contributed by atoms with Gasteiger partial charge in [-0.2, -0.15) is 0 Å². The Balaban J connectivity index is 1.99. The van der Waals surface area contributed by atoms with E-state index in [1.807, 2.05) is 49.4 Å².